The topological polar surface area (TPSA) is 184 Å². The quantitative estimate of drug-likeness (QED) is 0.108. The zero-order valence-electron chi connectivity index (χ0n) is 38.8. The Bertz CT molecular complexity index is 1950. The molecule has 0 saturated carbocycles. The van der Waals surface area contributed by atoms with Gasteiger partial charge in [-0.2, -0.15) is 0 Å². The van der Waals surface area contributed by atoms with Crippen LogP contribution in [0.4, 0.5) is 0 Å². The van der Waals surface area contributed by atoms with Crippen molar-refractivity contribution >= 4 is 0 Å². The first kappa shape index (κ1) is 59.5. The van der Waals surface area contributed by atoms with E-state index in [2.05, 4.69) is 0 Å². The van der Waals surface area contributed by atoms with Crippen LogP contribution in [0.1, 0.15) is 119 Å². The summed E-state index contributed by atoms with van der Waals surface area (Å²) in [5.74, 6) is 0. The molecule has 0 N–H and O–H groups in total. The van der Waals surface area contributed by atoms with Gasteiger partial charge in [0.2, 0.25) is 0 Å². The van der Waals surface area contributed by atoms with Crippen molar-refractivity contribution in [3.05, 3.63) is 287 Å². The molecule has 8 atom stereocenters. The molecule has 8 aromatic rings. The van der Waals surface area contributed by atoms with Crippen LogP contribution in [0, 0.1) is 0 Å². The molecule has 0 saturated heterocycles. The largest absolute Gasteiger partial charge is 4.00 e. The predicted octanol–water partition coefficient (Wildman–Crippen LogP) is 6.31. The molecule has 0 bridgehead atoms. The van der Waals surface area contributed by atoms with Gasteiger partial charge in [-0.3, -0.25) is 0 Å². The van der Waals surface area contributed by atoms with Crippen LogP contribution in [0.25, 0.3) is 0 Å². The molecule has 10 heteroatoms. The Kier molecular flexibility index (Phi) is 28.7. The summed E-state index contributed by atoms with van der Waals surface area (Å²) in [5, 5.41) is 95.3. The van der Waals surface area contributed by atoms with Crippen molar-refractivity contribution in [3.8, 4) is 0 Å². The molecule has 70 heavy (non-hydrogen) atoms. The summed E-state index contributed by atoms with van der Waals surface area (Å²) < 4.78 is 0. The van der Waals surface area contributed by atoms with E-state index >= 15 is 0 Å². The van der Waals surface area contributed by atoms with Gasteiger partial charge in [-0.25, -0.2) is 0 Å². The molecule has 352 valence electrons. The van der Waals surface area contributed by atoms with E-state index in [1.807, 2.05) is 146 Å². The van der Waals surface area contributed by atoms with E-state index in [0.717, 1.165) is 0 Å². The van der Waals surface area contributed by atoms with Crippen LogP contribution in [0.3, 0.4) is 0 Å². The normalized spacial score (nSPS) is 13.8. The molecule has 0 aliphatic heterocycles. The average Bonchev–Trinajstić information content (AvgIpc) is 3.41. The van der Waals surface area contributed by atoms with Crippen LogP contribution in [-0.4, -0.2) is 0 Å². The van der Waals surface area contributed by atoms with E-state index in [4.69, 9.17) is 0 Å². The first-order valence-electron chi connectivity index (χ1n) is 22.7. The second-order valence-electron chi connectivity index (χ2n) is 16.1. The third-order valence-corrected chi connectivity index (χ3v) is 11.1. The fourth-order valence-corrected chi connectivity index (χ4v) is 7.21. The van der Waals surface area contributed by atoms with Crippen molar-refractivity contribution in [1.29, 1.82) is 0 Å². The van der Waals surface area contributed by atoms with Gasteiger partial charge in [0.1, 0.15) is 0 Å². The Morgan fingerprint density at radius 1 is 0.171 bits per heavy atom. The van der Waals surface area contributed by atoms with Crippen LogP contribution in [0.2, 0.25) is 0 Å². The SMILES string of the molecule is [O-]C(CC([O-])c1ccccc1)c1ccccc1.[O-]C(CC([O-])c1ccccc1)c1ccccc1.[O-]C(CC([O-])c1ccccc1)c1ccccc1.[O-]C(CC([O-])c1ccccc1)c1ccccc1.[Zr+4].[Zr+4]. The van der Waals surface area contributed by atoms with Gasteiger partial charge < -0.3 is 40.9 Å². The monoisotopic (exact) mass is 1080 g/mol. The zero-order chi connectivity index (χ0) is 48.4. The van der Waals surface area contributed by atoms with Gasteiger partial charge in [0.05, 0.1) is 0 Å². The maximum absolute atomic E-state index is 11.9. The molecule has 8 nitrogen and oxygen atoms in total. The summed E-state index contributed by atoms with van der Waals surface area (Å²) in [5.41, 5.74) is 5.48. The van der Waals surface area contributed by atoms with Gasteiger partial charge in [-0.05, 0) is 0 Å². The summed E-state index contributed by atoms with van der Waals surface area (Å²) in [6, 6.07) is 72.4. The standard InChI is InChI=1S/4C15H14O2.2Zr/c4*16-14(12-7-3-1-4-8-12)11-15(17)13-9-5-2-6-10-13;;/h4*1-10,14-15H,11H2;;/q4*-2;2*+4. The number of hydrogen-bond donors (Lipinski definition) is 0. The Hall–Kier alpha value is -4.79. The van der Waals surface area contributed by atoms with Crippen LogP contribution in [-0.2, 0) is 52.4 Å². The smallest absolute Gasteiger partial charge is 0.849 e. The third kappa shape index (κ3) is 21.3. The molecule has 0 aromatic heterocycles. The molecule has 0 aliphatic carbocycles. The summed E-state index contributed by atoms with van der Waals surface area (Å²) in [6.07, 6.45) is -7.20. The summed E-state index contributed by atoms with van der Waals surface area (Å²) in [6.45, 7) is 0. The van der Waals surface area contributed by atoms with Gasteiger partial charge >= 0.3 is 52.4 Å². The van der Waals surface area contributed by atoms with Crippen molar-refractivity contribution in [2.45, 2.75) is 74.5 Å². The van der Waals surface area contributed by atoms with Crippen LogP contribution < -0.4 is 40.9 Å². The molecule has 8 unspecified atom stereocenters. The summed E-state index contributed by atoms with van der Waals surface area (Å²) in [7, 11) is 0. The fourth-order valence-electron chi connectivity index (χ4n) is 7.21. The zero-order valence-corrected chi connectivity index (χ0v) is 43.7. The summed E-state index contributed by atoms with van der Waals surface area (Å²) >= 11 is 0. The molecule has 0 aliphatic rings. The Morgan fingerprint density at radius 3 is 0.343 bits per heavy atom. The second kappa shape index (κ2) is 33.7. The van der Waals surface area contributed by atoms with Crippen LogP contribution in [0.5, 0.6) is 0 Å². The van der Waals surface area contributed by atoms with Crippen LogP contribution in [0.15, 0.2) is 243 Å². The molecule has 0 amide bonds. The molecule has 0 fully saturated rings. The van der Waals surface area contributed by atoms with Gasteiger partial charge in [0, 0.05) is 0 Å². The fraction of sp³-hybridized carbons (Fsp3) is 0.200. The van der Waals surface area contributed by atoms with E-state index < -0.39 is 48.8 Å². The predicted molar refractivity (Wildman–Crippen MR) is 252 cm³/mol. The Labute approximate surface area is 451 Å². The summed E-state index contributed by atoms with van der Waals surface area (Å²) in [4.78, 5) is 0. The maximum Gasteiger partial charge on any atom is 4.00 e. The van der Waals surface area contributed by atoms with E-state index in [9.17, 15) is 40.9 Å². The first-order valence-corrected chi connectivity index (χ1v) is 22.7. The van der Waals surface area contributed by atoms with Crippen molar-refractivity contribution < 1.29 is 93.3 Å². The van der Waals surface area contributed by atoms with E-state index in [0.29, 0.717) is 44.5 Å². The van der Waals surface area contributed by atoms with Crippen molar-refractivity contribution in [1.82, 2.24) is 0 Å². The number of hydrogen-bond acceptors (Lipinski definition) is 8. The molecule has 0 heterocycles. The van der Waals surface area contributed by atoms with Crippen molar-refractivity contribution in [2.24, 2.45) is 0 Å². The van der Waals surface area contributed by atoms with E-state index in [1.165, 1.54) is 0 Å². The van der Waals surface area contributed by atoms with Crippen LogP contribution >= 0.6 is 0 Å². The number of rotatable bonds is 16. The van der Waals surface area contributed by atoms with Gasteiger partial charge in [-0.1, -0.05) is 313 Å². The molecule has 8 aromatic carbocycles. The van der Waals surface area contributed by atoms with Gasteiger partial charge in [-0.15, -0.1) is 48.8 Å². The second-order valence-corrected chi connectivity index (χ2v) is 16.1. The average molecular weight is 1090 g/mol. The number of benzene rings is 8. The van der Waals surface area contributed by atoms with E-state index in [1.54, 1.807) is 97.1 Å². The van der Waals surface area contributed by atoms with Gasteiger partial charge in [0.25, 0.3) is 0 Å². The van der Waals surface area contributed by atoms with Crippen molar-refractivity contribution in [3.63, 3.8) is 0 Å². The minimum atomic E-state index is -0.945. The molecule has 0 spiro atoms. The molecular formula is C60H56O8Zr2. The molecule has 0 radical (unpaired) electrons. The Balaban J connectivity index is 0.000000245. The van der Waals surface area contributed by atoms with Crippen molar-refractivity contribution in [2.75, 3.05) is 0 Å². The Morgan fingerprint density at radius 2 is 0.257 bits per heavy atom. The van der Waals surface area contributed by atoms with Gasteiger partial charge in [0.15, 0.2) is 0 Å². The van der Waals surface area contributed by atoms with E-state index in [-0.39, 0.29) is 78.1 Å². The molecule has 8 rings (SSSR count). The minimum absolute atomic E-state index is 0. The maximum atomic E-state index is 11.9. The first-order chi connectivity index (χ1) is 33.1. The molecular weight excluding hydrogens is 1030 g/mol. The third-order valence-electron chi connectivity index (χ3n) is 11.1. The minimum Gasteiger partial charge on any atom is -0.849 e.